The molecule has 0 spiro atoms. The smallest absolute Gasteiger partial charge is 0.406 e. The zero-order valence-electron chi connectivity index (χ0n) is 24.4. The van der Waals surface area contributed by atoms with Crippen molar-refractivity contribution in [2.75, 3.05) is 17.2 Å². The van der Waals surface area contributed by atoms with Crippen molar-refractivity contribution in [2.24, 2.45) is 4.99 Å². The quantitative estimate of drug-likeness (QED) is 0.191. The molecule has 1 aromatic heterocycles. The van der Waals surface area contributed by atoms with Crippen LogP contribution in [0.15, 0.2) is 78.0 Å². The Morgan fingerprint density at radius 1 is 1.11 bits per heavy atom. The summed E-state index contributed by atoms with van der Waals surface area (Å²) in [6.07, 6.45) is -3.30. The van der Waals surface area contributed by atoms with Gasteiger partial charge in [0.1, 0.15) is 12.1 Å². The maximum Gasteiger partial charge on any atom is 0.573 e. The molecule has 0 saturated carbocycles. The summed E-state index contributed by atoms with van der Waals surface area (Å²) in [5, 5.41) is 7.57. The van der Waals surface area contributed by atoms with Gasteiger partial charge in [-0.15, -0.1) is 18.3 Å². The Morgan fingerprint density at radius 3 is 2.49 bits per heavy atom. The molecule has 1 unspecified atom stereocenters. The van der Waals surface area contributed by atoms with E-state index in [1.807, 2.05) is 49.4 Å². The number of benzene rings is 3. The topological polar surface area (TPSA) is 102 Å². The first-order valence-corrected chi connectivity index (χ1v) is 15.7. The summed E-state index contributed by atoms with van der Waals surface area (Å²) < 4.78 is 42.6. The molecule has 2 heterocycles. The molecule has 0 aliphatic carbocycles. The van der Waals surface area contributed by atoms with E-state index < -0.39 is 12.4 Å². The van der Waals surface area contributed by atoms with Gasteiger partial charge < -0.3 is 10.1 Å². The molecule has 45 heavy (non-hydrogen) atoms. The van der Waals surface area contributed by atoms with Gasteiger partial charge in [0.15, 0.2) is 11.0 Å². The maximum absolute atomic E-state index is 12.8. The van der Waals surface area contributed by atoms with Gasteiger partial charge >= 0.3 is 12.4 Å². The van der Waals surface area contributed by atoms with Crippen molar-refractivity contribution in [3.8, 4) is 22.8 Å². The average Bonchev–Trinajstić information content (AvgIpc) is 3.62. The van der Waals surface area contributed by atoms with E-state index in [1.54, 1.807) is 0 Å². The number of aliphatic imine (C=N–C) groups is 1. The lowest BCUT2D eigenvalue weighted by Gasteiger charge is -2.22. The first kappa shape index (κ1) is 32.2. The molecular weight excluding hydrogens is 673 g/mol. The standard InChI is InChI=1S/C31H28BrF3N6O3S/c1-18(2)24-13-4-19(3)14-26(24)41-27(42)16-45-30(41)38-29(43)36-15-25(32)20-5-7-21(8-6-20)28-37-17-40(39-28)22-9-11-23(12-10-22)44-31(33,34)35/h4-14,17-18,25H,15-16H2,1-3H3,(H,36,43)/b38-30-. The number of amides is 3. The largest absolute Gasteiger partial charge is 0.573 e. The first-order chi connectivity index (χ1) is 21.4. The highest BCUT2D eigenvalue weighted by atomic mass is 79.9. The Morgan fingerprint density at radius 2 is 1.82 bits per heavy atom. The van der Waals surface area contributed by atoms with E-state index in [-0.39, 0.29) is 34.7 Å². The van der Waals surface area contributed by atoms with Crippen molar-refractivity contribution < 1.29 is 27.5 Å². The van der Waals surface area contributed by atoms with Crippen molar-refractivity contribution in [2.45, 2.75) is 37.9 Å². The van der Waals surface area contributed by atoms with Crippen LogP contribution in [0.3, 0.4) is 0 Å². The van der Waals surface area contributed by atoms with E-state index in [9.17, 15) is 22.8 Å². The van der Waals surface area contributed by atoms with Crippen LogP contribution in [0.2, 0.25) is 0 Å². The molecule has 0 bridgehead atoms. The predicted molar refractivity (Wildman–Crippen MR) is 171 cm³/mol. The number of carbonyl (C=O) groups is 2. The average molecular weight is 702 g/mol. The van der Waals surface area contributed by atoms with Crippen LogP contribution < -0.4 is 15.0 Å². The van der Waals surface area contributed by atoms with Crippen molar-refractivity contribution in [3.63, 3.8) is 0 Å². The van der Waals surface area contributed by atoms with Crippen LogP contribution in [0.5, 0.6) is 5.75 Å². The van der Waals surface area contributed by atoms with Crippen molar-refractivity contribution in [1.82, 2.24) is 20.1 Å². The van der Waals surface area contributed by atoms with E-state index in [2.05, 4.69) is 54.9 Å². The number of anilines is 1. The molecule has 5 rings (SSSR count). The predicted octanol–water partition coefficient (Wildman–Crippen LogP) is 7.55. The van der Waals surface area contributed by atoms with Crippen LogP contribution >= 0.6 is 27.7 Å². The minimum absolute atomic E-state index is 0.120. The summed E-state index contributed by atoms with van der Waals surface area (Å²) >= 11 is 4.84. The Balaban J connectivity index is 1.20. The number of hydrogen-bond donors (Lipinski definition) is 1. The molecule has 1 N–H and O–H groups in total. The lowest BCUT2D eigenvalue weighted by Crippen LogP contribution is -2.32. The molecule has 3 aromatic carbocycles. The summed E-state index contributed by atoms with van der Waals surface area (Å²) in [5.74, 6) is 0.372. The molecule has 234 valence electrons. The number of nitrogens with zero attached hydrogens (tertiary/aromatic N) is 5. The zero-order valence-corrected chi connectivity index (χ0v) is 26.8. The minimum Gasteiger partial charge on any atom is -0.406 e. The molecule has 3 amide bonds. The molecule has 0 radical (unpaired) electrons. The Kier molecular flexibility index (Phi) is 9.63. The third-order valence-electron chi connectivity index (χ3n) is 6.80. The van der Waals surface area contributed by atoms with Gasteiger partial charge in [-0.1, -0.05) is 77.9 Å². The number of rotatable bonds is 8. The SMILES string of the molecule is Cc1ccc(C(C)C)c(N2C(=O)CS/C2=N\C(=O)NCC(Br)c2ccc(-c3ncn(-c4ccc(OC(F)(F)F)cc4)n3)cc2)c1. The van der Waals surface area contributed by atoms with Gasteiger partial charge in [0.25, 0.3) is 0 Å². The lowest BCUT2D eigenvalue weighted by molar-refractivity contribution is -0.274. The number of urea groups is 1. The van der Waals surface area contributed by atoms with Crippen LogP contribution in [0, 0.1) is 6.92 Å². The number of ether oxygens (including phenoxy) is 1. The van der Waals surface area contributed by atoms with Gasteiger partial charge in [0.2, 0.25) is 5.91 Å². The Hall–Kier alpha value is -4.17. The molecule has 9 nitrogen and oxygen atoms in total. The second-order valence-electron chi connectivity index (χ2n) is 10.5. The summed E-state index contributed by atoms with van der Waals surface area (Å²) in [6.45, 7) is 6.32. The molecule has 1 fully saturated rings. The highest BCUT2D eigenvalue weighted by molar-refractivity contribution is 9.09. The van der Waals surface area contributed by atoms with Crippen LogP contribution in [0.25, 0.3) is 17.1 Å². The van der Waals surface area contributed by atoms with Crippen LogP contribution in [-0.2, 0) is 4.79 Å². The number of nitrogens with one attached hydrogen (secondary N) is 1. The van der Waals surface area contributed by atoms with E-state index in [4.69, 9.17) is 0 Å². The number of thioether (sulfide) groups is 1. The van der Waals surface area contributed by atoms with Crippen LogP contribution in [-0.4, -0.2) is 50.5 Å². The van der Waals surface area contributed by atoms with Gasteiger partial charge in [-0.05, 0) is 59.9 Å². The number of alkyl halides is 4. The number of halogens is 4. The fourth-order valence-electron chi connectivity index (χ4n) is 4.60. The molecule has 1 saturated heterocycles. The minimum atomic E-state index is -4.76. The maximum atomic E-state index is 12.8. The summed E-state index contributed by atoms with van der Waals surface area (Å²) in [4.78, 5) is 35.4. The molecule has 1 aliphatic rings. The normalized spacial score (nSPS) is 15.2. The zero-order chi connectivity index (χ0) is 32.3. The summed E-state index contributed by atoms with van der Waals surface area (Å²) in [7, 11) is 0. The van der Waals surface area contributed by atoms with Crippen molar-refractivity contribution in [1.29, 1.82) is 0 Å². The molecule has 4 aromatic rings. The van der Waals surface area contributed by atoms with Gasteiger partial charge in [0.05, 0.1) is 22.0 Å². The summed E-state index contributed by atoms with van der Waals surface area (Å²) in [6, 6.07) is 18.1. The van der Waals surface area contributed by atoms with Gasteiger partial charge in [-0.2, -0.15) is 4.99 Å². The molecular formula is C31H28BrF3N6O3S. The van der Waals surface area contributed by atoms with Gasteiger partial charge in [-0.3, -0.25) is 9.69 Å². The number of aryl methyl sites for hydroxylation is 1. The van der Waals surface area contributed by atoms with Gasteiger partial charge in [0, 0.05) is 12.1 Å². The second-order valence-corrected chi connectivity index (χ2v) is 12.5. The number of amidine groups is 1. The van der Waals surface area contributed by atoms with E-state index >= 15 is 0 Å². The summed E-state index contributed by atoms with van der Waals surface area (Å²) in [5.41, 5.74) is 4.89. The molecule has 14 heteroatoms. The Bertz CT molecular complexity index is 1730. The molecule has 1 atom stereocenters. The van der Waals surface area contributed by atoms with Crippen LogP contribution in [0.1, 0.15) is 41.3 Å². The monoisotopic (exact) mass is 700 g/mol. The number of hydrogen-bond acceptors (Lipinski definition) is 6. The van der Waals surface area contributed by atoms with E-state index in [0.29, 0.717) is 16.7 Å². The second kappa shape index (κ2) is 13.4. The Labute approximate surface area is 270 Å². The lowest BCUT2D eigenvalue weighted by atomic mass is 9.99. The number of aromatic nitrogens is 3. The highest BCUT2D eigenvalue weighted by Crippen LogP contribution is 2.34. The number of carbonyl (C=O) groups excluding carboxylic acids is 2. The third-order valence-corrected chi connectivity index (χ3v) is 8.58. The van der Waals surface area contributed by atoms with Crippen LogP contribution in [0.4, 0.5) is 23.7 Å². The fraction of sp³-hybridized carbons (Fsp3) is 0.258. The third kappa shape index (κ3) is 7.92. The van der Waals surface area contributed by atoms with Gasteiger partial charge in [-0.25, -0.2) is 14.5 Å². The van der Waals surface area contributed by atoms with E-state index in [1.165, 1.54) is 51.9 Å². The fourth-order valence-corrected chi connectivity index (χ4v) is 5.93. The first-order valence-electron chi connectivity index (χ1n) is 13.8. The highest BCUT2D eigenvalue weighted by Gasteiger charge is 2.33. The van der Waals surface area contributed by atoms with Crippen molar-refractivity contribution >= 4 is 50.5 Å². The van der Waals surface area contributed by atoms with E-state index in [0.717, 1.165) is 27.9 Å². The van der Waals surface area contributed by atoms with Crippen molar-refractivity contribution in [3.05, 3.63) is 89.7 Å². The molecule has 1 aliphatic heterocycles.